The van der Waals surface area contributed by atoms with Crippen molar-refractivity contribution in [2.75, 3.05) is 0 Å². The molecule has 0 bridgehead atoms. The second-order valence-electron chi connectivity index (χ2n) is 4.85. The average Bonchev–Trinajstić information content (AvgIpc) is 2.65. The van der Waals surface area contributed by atoms with Gasteiger partial charge in [0.25, 0.3) is 0 Å². The maximum absolute atomic E-state index is 5.72. The Balaban J connectivity index is 2.17. The van der Waals surface area contributed by atoms with Crippen molar-refractivity contribution in [3.63, 3.8) is 0 Å². The van der Waals surface area contributed by atoms with E-state index in [2.05, 4.69) is 41.8 Å². The monoisotopic (exact) mass is 294 g/mol. The van der Waals surface area contributed by atoms with Gasteiger partial charge in [-0.25, -0.2) is 0 Å². The largest absolute Gasteiger partial charge is 0.454 e. The molecule has 0 N–H and O–H groups in total. The summed E-state index contributed by atoms with van der Waals surface area (Å²) in [5.74, 6) is 1.55. The van der Waals surface area contributed by atoms with Gasteiger partial charge in [-0.15, -0.1) is 0 Å². The van der Waals surface area contributed by atoms with E-state index in [4.69, 9.17) is 4.74 Å². The third-order valence-electron chi connectivity index (χ3n) is 2.28. The molecule has 0 amide bonds. The number of rotatable bonds is 2. The van der Waals surface area contributed by atoms with E-state index in [1.54, 1.807) is 6.20 Å². The van der Waals surface area contributed by atoms with Crippen molar-refractivity contribution < 1.29 is 4.74 Å². The zero-order valence-corrected chi connectivity index (χ0v) is 11.7. The first-order valence-electron chi connectivity index (χ1n) is 5.44. The van der Waals surface area contributed by atoms with Crippen molar-refractivity contribution in [2.24, 2.45) is 0 Å². The summed E-state index contributed by atoms with van der Waals surface area (Å²) in [6.07, 6.45) is 3.63. The van der Waals surface area contributed by atoms with Crippen LogP contribution in [0.5, 0.6) is 11.5 Å². The van der Waals surface area contributed by atoms with Gasteiger partial charge >= 0.3 is 0 Å². The number of hydrogen-bond acceptors (Lipinski definition) is 2. The van der Waals surface area contributed by atoms with Crippen LogP contribution in [0.1, 0.15) is 20.8 Å². The lowest BCUT2D eigenvalue weighted by Gasteiger charge is -2.18. The molecule has 0 atom stereocenters. The van der Waals surface area contributed by atoms with Crippen LogP contribution < -0.4 is 4.74 Å². The molecule has 0 aliphatic carbocycles. The summed E-state index contributed by atoms with van der Waals surface area (Å²) in [6.45, 7) is 6.30. The Kier molecular flexibility index (Phi) is 3.24. The molecular formula is C13H15BrN2O. The molecular weight excluding hydrogens is 280 g/mol. The Labute approximate surface area is 110 Å². The van der Waals surface area contributed by atoms with Gasteiger partial charge in [-0.2, -0.15) is 5.10 Å². The first-order chi connectivity index (χ1) is 7.95. The highest BCUT2D eigenvalue weighted by atomic mass is 79.9. The van der Waals surface area contributed by atoms with E-state index in [0.29, 0.717) is 0 Å². The van der Waals surface area contributed by atoms with Crippen LogP contribution in [0.3, 0.4) is 0 Å². The van der Waals surface area contributed by atoms with Crippen LogP contribution in [-0.2, 0) is 5.54 Å². The van der Waals surface area contributed by atoms with Crippen molar-refractivity contribution in [1.82, 2.24) is 9.78 Å². The third kappa shape index (κ3) is 3.09. The van der Waals surface area contributed by atoms with Gasteiger partial charge in [0.05, 0.1) is 17.9 Å². The summed E-state index contributed by atoms with van der Waals surface area (Å²) in [4.78, 5) is 0. The molecule has 17 heavy (non-hydrogen) atoms. The predicted molar refractivity (Wildman–Crippen MR) is 71.4 cm³/mol. The van der Waals surface area contributed by atoms with Crippen LogP contribution in [0, 0.1) is 0 Å². The summed E-state index contributed by atoms with van der Waals surface area (Å²) >= 11 is 3.41. The summed E-state index contributed by atoms with van der Waals surface area (Å²) in [5.41, 5.74) is -0.0289. The zero-order valence-electron chi connectivity index (χ0n) is 10.1. The highest BCUT2D eigenvalue weighted by Gasteiger charge is 2.14. The topological polar surface area (TPSA) is 27.1 Å². The molecule has 0 unspecified atom stereocenters. The van der Waals surface area contributed by atoms with E-state index in [9.17, 15) is 0 Å². The molecule has 90 valence electrons. The number of aromatic nitrogens is 2. The first-order valence-corrected chi connectivity index (χ1v) is 6.23. The van der Waals surface area contributed by atoms with Crippen molar-refractivity contribution in [3.05, 3.63) is 41.1 Å². The summed E-state index contributed by atoms with van der Waals surface area (Å²) in [7, 11) is 0. The van der Waals surface area contributed by atoms with Crippen molar-refractivity contribution in [2.45, 2.75) is 26.3 Å². The lowest BCUT2D eigenvalue weighted by molar-refractivity contribution is 0.353. The highest BCUT2D eigenvalue weighted by molar-refractivity contribution is 9.10. The lowest BCUT2D eigenvalue weighted by atomic mass is 10.1. The van der Waals surface area contributed by atoms with Gasteiger partial charge < -0.3 is 4.74 Å². The molecule has 0 aliphatic heterocycles. The predicted octanol–water partition coefficient (Wildman–Crippen LogP) is 4.19. The minimum atomic E-state index is -0.0289. The highest BCUT2D eigenvalue weighted by Crippen LogP contribution is 2.25. The number of nitrogens with zero attached hydrogens (tertiary/aromatic N) is 2. The fraction of sp³-hybridized carbons (Fsp3) is 0.308. The van der Waals surface area contributed by atoms with Crippen LogP contribution in [0.4, 0.5) is 0 Å². The molecule has 0 fully saturated rings. The summed E-state index contributed by atoms with van der Waals surface area (Å²) < 4.78 is 8.61. The zero-order chi connectivity index (χ0) is 12.5. The van der Waals surface area contributed by atoms with Crippen LogP contribution in [0.15, 0.2) is 41.1 Å². The molecule has 1 aromatic carbocycles. The minimum absolute atomic E-state index is 0.0289. The van der Waals surface area contributed by atoms with Crippen molar-refractivity contribution >= 4 is 15.9 Å². The Morgan fingerprint density at radius 3 is 2.59 bits per heavy atom. The van der Waals surface area contributed by atoms with Crippen LogP contribution in [-0.4, -0.2) is 9.78 Å². The standard InChI is InChI=1S/C13H15BrN2O/c1-13(2,3)16-9-12(8-15-16)17-11-6-4-5-10(14)7-11/h4-9H,1-3H3. The summed E-state index contributed by atoms with van der Waals surface area (Å²) in [6, 6.07) is 7.74. The van der Waals surface area contributed by atoms with Gasteiger partial charge in [-0.3, -0.25) is 4.68 Å². The fourth-order valence-corrected chi connectivity index (χ4v) is 1.77. The normalized spacial score (nSPS) is 11.5. The fourth-order valence-electron chi connectivity index (χ4n) is 1.39. The molecule has 3 nitrogen and oxygen atoms in total. The molecule has 1 aromatic heterocycles. The molecule has 0 spiro atoms. The molecule has 0 saturated heterocycles. The molecule has 2 rings (SSSR count). The van der Waals surface area contributed by atoms with E-state index in [-0.39, 0.29) is 5.54 Å². The minimum Gasteiger partial charge on any atom is -0.454 e. The number of hydrogen-bond donors (Lipinski definition) is 0. The van der Waals surface area contributed by atoms with Gasteiger partial charge in [0.15, 0.2) is 5.75 Å². The van der Waals surface area contributed by atoms with E-state index in [0.717, 1.165) is 16.0 Å². The SMILES string of the molecule is CC(C)(C)n1cc(Oc2cccc(Br)c2)cn1. The summed E-state index contributed by atoms with van der Waals surface area (Å²) in [5, 5.41) is 4.29. The first kappa shape index (κ1) is 12.2. The lowest BCUT2D eigenvalue weighted by Crippen LogP contribution is -2.21. The smallest absolute Gasteiger partial charge is 0.165 e. The second kappa shape index (κ2) is 4.53. The Hall–Kier alpha value is -1.29. The van der Waals surface area contributed by atoms with E-state index >= 15 is 0 Å². The molecule has 0 aliphatic rings. The van der Waals surface area contributed by atoms with E-state index < -0.39 is 0 Å². The van der Waals surface area contributed by atoms with E-state index in [1.165, 1.54) is 0 Å². The maximum atomic E-state index is 5.72. The number of benzene rings is 1. The van der Waals surface area contributed by atoms with Gasteiger partial charge in [-0.1, -0.05) is 22.0 Å². The second-order valence-corrected chi connectivity index (χ2v) is 5.77. The van der Waals surface area contributed by atoms with Gasteiger partial charge in [0.2, 0.25) is 0 Å². The Morgan fingerprint density at radius 2 is 2.00 bits per heavy atom. The Morgan fingerprint density at radius 1 is 1.24 bits per heavy atom. The quantitative estimate of drug-likeness (QED) is 0.830. The van der Waals surface area contributed by atoms with E-state index in [1.807, 2.05) is 35.1 Å². The molecule has 0 radical (unpaired) electrons. The molecule has 1 heterocycles. The van der Waals surface area contributed by atoms with Crippen LogP contribution >= 0.6 is 15.9 Å². The molecule has 4 heteroatoms. The Bertz CT molecular complexity index is 514. The molecule has 0 saturated carbocycles. The molecule has 2 aromatic rings. The maximum Gasteiger partial charge on any atom is 0.165 e. The van der Waals surface area contributed by atoms with Crippen LogP contribution in [0.2, 0.25) is 0 Å². The van der Waals surface area contributed by atoms with Gasteiger partial charge in [-0.05, 0) is 39.0 Å². The number of halogens is 1. The number of ether oxygens (including phenoxy) is 1. The average molecular weight is 295 g/mol. The van der Waals surface area contributed by atoms with Gasteiger partial charge in [0.1, 0.15) is 5.75 Å². The van der Waals surface area contributed by atoms with Crippen molar-refractivity contribution in [1.29, 1.82) is 0 Å². The van der Waals surface area contributed by atoms with Crippen molar-refractivity contribution in [3.8, 4) is 11.5 Å². The third-order valence-corrected chi connectivity index (χ3v) is 2.77. The van der Waals surface area contributed by atoms with Gasteiger partial charge in [0, 0.05) is 4.47 Å². The van der Waals surface area contributed by atoms with Crippen LogP contribution in [0.25, 0.3) is 0 Å².